The Kier molecular flexibility index (Phi) is 4.95. The highest BCUT2D eigenvalue weighted by molar-refractivity contribution is 6.67. The molecule has 0 fully saturated rings. The molecular weight excluding hydrogens is 287 g/mol. The highest BCUT2D eigenvalue weighted by atomic mass is 35.6. The largest absolute Gasteiger partial charge is 0.516 e. The van der Waals surface area contributed by atoms with Gasteiger partial charge < -0.3 is 9.47 Å². The number of rotatable bonds is 1. The van der Waals surface area contributed by atoms with Gasteiger partial charge in [-0.2, -0.15) is 13.2 Å². The van der Waals surface area contributed by atoms with Crippen molar-refractivity contribution in [2.24, 2.45) is 0 Å². The molecule has 0 spiro atoms. The monoisotopic (exact) mass is 288 g/mol. The molecule has 0 bridgehead atoms. The van der Waals surface area contributed by atoms with Crippen LogP contribution in [0.4, 0.5) is 18.0 Å². The van der Waals surface area contributed by atoms with Crippen molar-refractivity contribution in [2.75, 3.05) is 6.61 Å². The number of halogens is 6. The summed E-state index contributed by atoms with van der Waals surface area (Å²) >= 11 is 15.3. The van der Waals surface area contributed by atoms with Gasteiger partial charge in [0.25, 0.3) is 0 Å². The fourth-order valence-electron chi connectivity index (χ4n) is 0.304. The lowest BCUT2D eigenvalue weighted by atomic mass is 10.7. The summed E-state index contributed by atoms with van der Waals surface area (Å²) in [5, 5.41) is 0. The summed E-state index contributed by atoms with van der Waals surface area (Å²) in [5.74, 6) is -2.71. The maximum Gasteiger partial charge on any atom is 0.516 e. The average Bonchev–Trinajstić information content (AvgIpc) is 1.97. The molecule has 88 valence electrons. The summed E-state index contributed by atoms with van der Waals surface area (Å²) in [7, 11) is 0. The lowest BCUT2D eigenvalue weighted by molar-refractivity contribution is -0.195. The van der Waals surface area contributed by atoms with Crippen LogP contribution in [-0.2, 0) is 14.3 Å². The second kappa shape index (κ2) is 5.09. The molecular formula is C5H2Cl3F3O4. The van der Waals surface area contributed by atoms with E-state index in [9.17, 15) is 22.8 Å². The Morgan fingerprint density at radius 3 is 1.93 bits per heavy atom. The topological polar surface area (TPSA) is 52.6 Å². The molecule has 0 rings (SSSR count). The van der Waals surface area contributed by atoms with E-state index in [1.165, 1.54) is 0 Å². The summed E-state index contributed by atoms with van der Waals surface area (Å²) in [6.07, 6.45) is -7.19. The molecule has 0 aliphatic rings. The standard InChI is InChI=1S/C5H2Cl3F3O4/c6-4(7,8)1-14-3(13)15-2(12)5(9,10)11/h1H2. The molecule has 0 unspecified atom stereocenters. The summed E-state index contributed by atoms with van der Waals surface area (Å²) < 4.78 is 39.7. The van der Waals surface area contributed by atoms with Gasteiger partial charge in [0.2, 0.25) is 3.79 Å². The third-order valence-electron chi connectivity index (χ3n) is 0.761. The third kappa shape index (κ3) is 7.52. The van der Waals surface area contributed by atoms with Crippen molar-refractivity contribution >= 4 is 46.9 Å². The molecule has 0 aromatic carbocycles. The Morgan fingerprint density at radius 2 is 1.60 bits per heavy atom. The van der Waals surface area contributed by atoms with Gasteiger partial charge in [-0.15, -0.1) is 0 Å². The van der Waals surface area contributed by atoms with Crippen LogP contribution in [0.15, 0.2) is 0 Å². The number of carbonyl (C=O) groups excluding carboxylic acids is 2. The van der Waals surface area contributed by atoms with E-state index in [2.05, 4.69) is 9.47 Å². The van der Waals surface area contributed by atoms with Crippen molar-refractivity contribution in [2.45, 2.75) is 9.97 Å². The zero-order valence-corrected chi connectivity index (χ0v) is 8.88. The number of esters is 1. The van der Waals surface area contributed by atoms with Crippen LogP contribution >= 0.6 is 34.8 Å². The molecule has 15 heavy (non-hydrogen) atoms. The fourth-order valence-corrected chi connectivity index (χ4v) is 0.467. The molecule has 0 saturated heterocycles. The molecule has 0 atom stereocenters. The van der Waals surface area contributed by atoms with E-state index in [0.29, 0.717) is 0 Å². The zero-order valence-electron chi connectivity index (χ0n) is 6.61. The minimum Gasteiger partial charge on any atom is -0.429 e. The molecule has 0 aliphatic carbocycles. The fraction of sp³-hybridized carbons (Fsp3) is 0.600. The van der Waals surface area contributed by atoms with Crippen molar-refractivity contribution in [1.29, 1.82) is 0 Å². The van der Waals surface area contributed by atoms with E-state index >= 15 is 0 Å². The number of hydrogen-bond donors (Lipinski definition) is 0. The van der Waals surface area contributed by atoms with E-state index in [1.54, 1.807) is 0 Å². The van der Waals surface area contributed by atoms with Gasteiger partial charge >= 0.3 is 18.3 Å². The normalized spacial score (nSPS) is 12.1. The van der Waals surface area contributed by atoms with Crippen LogP contribution in [0.3, 0.4) is 0 Å². The second-order valence-corrected chi connectivity index (χ2v) is 4.56. The Morgan fingerprint density at radius 1 is 1.13 bits per heavy atom. The highest BCUT2D eigenvalue weighted by Crippen LogP contribution is 2.26. The van der Waals surface area contributed by atoms with E-state index in [4.69, 9.17) is 34.8 Å². The maximum absolute atomic E-state index is 11.5. The van der Waals surface area contributed by atoms with Crippen LogP contribution in [0.2, 0.25) is 0 Å². The Hall–Kier alpha value is -0.400. The van der Waals surface area contributed by atoms with Crippen molar-refractivity contribution < 1.29 is 32.2 Å². The van der Waals surface area contributed by atoms with Crippen molar-refractivity contribution in [3.05, 3.63) is 0 Å². The molecule has 0 radical (unpaired) electrons. The number of ether oxygens (including phenoxy) is 2. The summed E-state index contributed by atoms with van der Waals surface area (Å²) in [4.78, 5) is 20.5. The van der Waals surface area contributed by atoms with Crippen molar-refractivity contribution in [1.82, 2.24) is 0 Å². The van der Waals surface area contributed by atoms with Gasteiger partial charge in [-0.1, -0.05) is 34.8 Å². The highest BCUT2D eigenvalue weighted by Gasteiger charge is 2.43. The van der Waals surface area contributed by atoms with Crippen molar-refractivity contribution in [3.63, 3.8) is 0 Å². The Labute approximate surface area is 96.2 Å². The van der Waals surface area contributed by atoms with Gasteiger partial charge in [0.1, 0.15) is 6.61 Å². The SMILES string of the molecule is O=C(OCC(Cl)(Cl)Cl)OC(=O)C(F)(F)F. The van der Waals surface area contributed by atoms with Gasteiger partial charge in [-0.05, 0) is 0 Å². The molecule has 0 aromatic heterocycles. The quantitative estimate of drug-likeness (QED) is 0.423. The van der Waals surface area contributed by atoms with E-state index in [-0.39, 0.29) is 0 Å². The van der Waals surface area contributed by atoms with Gasteiger partial charge in [0.15, 0.2) is 0 Å². The first kappa shape index (κ1) is 14.6. The minimum absolute atomic E-state index is 0.846. The van der Waals surface area contributed by atoms with E-state index in [1.807, 2.05) is 0 Å². The molecule has 0 saturated carbocycles. The van der Waals surface area contributed by atoms with Crippen LogP contribution in [0.1, 0.15) is 0 Å². The molecule has 0 amide bonds. The molecule has 0 heterocycles. The lowest BCUT2D eigenvalue weighted by Gasteiger charge is -2.10. The maximum atomic E-state index is 11.5. The summed E-state index contributed by atoms with van der Waals surface area (Å²) in [6, 6.07) is 0. The van der Waals surface area contributed by atoms with Crippen LogP contribution in [0.5, 0.6) is 0 Å². The smallest absolute Gasteiger partial charge is 0.429 e. The Bertz CT molecular complexity index is 259. The van der Waals surface area contributed by atoms with Crippen molar-refractivity contribution in [3.8, 4) is 0 Å². The number of alkyl halides is 6. The van der Waals surface area contributed by atoms with Crippen LogP contribution in [-0.4, -0.2) is 28.7 Å². The molecule has 0 aromatic rings. The number of carbonyl (C=O) groups is 2. The van der Waals surface area contributed by atoms with E-state index < -0.39 is 28.7 Å². The zero-order chi connectivity index (χ0) is 12.3. The summed E-state index contributed by atoms with van der Waals surface area (Å²) in [6.45, 7) is -0.846. The first-order chi connectivity index (χ1) is 6.52. The lowest BCUT2D eigenvalue weighted by Crippen LogP contribution is -2.29. The minimum atomic E-state index is -5.29. The molecule has 0 aliphatic heterocycles. The molecule has 10 heteroatoms. The van der Waals surface area contributed by atoms with E-state index in [0.717, 1.165) is 0 Å². The van der Waals surface area contributed by atoms with Crippen LogP contribution in [0.25, 0.3) is 0 Å². The first-order valence-electron chi connectivity index (χ1n) is 3.05. The van der Waals surface area contributed by atoms with Gasteiger partial charge in [-0.25, -0.2) is 9.59 Å². The predicted molar refractivity (Wildman–Crippen MR) is 43.8 cm³/mol. The third-order valence-corrected chi connectivity index (χ3v) is 1.09. The molecule has 0 N–H and O–H groups in total. The second-order valence-electron chi connectivity index (χ2n) is 2.04. The molecule has 4 nitrogen and oxygen atoms in total. The van der Waals surface area contributed by atoms with Gasteiger partial charge in [0.05, 0.1) is 0 Å². The van der Waals surface area contributed by atoms with Gasteiger partial charge in [-0.3, -0.25) is 0 Å². The predicted octanol–water partition coefficient (Wildman–Crippen LogP) is 2.60. The summed E-state index contributed by atoms with van der Waals surface area (Å²) in [5.41, 5.74) is 0. The van der Waals surface area contributed by atoms with Crippen LogP contribution < -0.4 is 0 Å². The first-order valence-corrected chi connectivity index (χ1v) is 4.18. The van der Waals surface area contributed by atoms with Crippen LogP contribution in [0, 0.1) is 0 Å². The van der Waals surface area contributed by atoms with Gasteiger partial charge in [0, 0.05) is 0 Å². The number of hydrogen-bond acceptors (Lipinski definition) is 4. The average molecular weight is 289 g/mol. The Balaban J connectivity index is 4.02.